The smallest absolute Gasteiger partial charge is 0.0623 e. The van der Waals surface area contributed by atoms with Gasteiger partial charge in [-0.25, -0.2) is 5.57 Å². The molecule has 2 aliphatic carbocycles. The first-order valence-corrected chi connectivity index (χ1v) is 21.6. The summed E-state index contributed by atoms with van der Waals surface area (Å²) in [5.41, 5.74) is 18.6. The molecule has 0 fully saturated rings. The molecule has 0 saturated carbocycles. The summed E-state index contributed by atoms with van der Waals surface area (Å²) in [6, 6.07) is 43.7. The molecule has 0 nitrogen and oxygen atoms in total. The Morgan fingerprint density at radius 1 is 0.569 bits per heavy atom. The second-order valence-electron chi connectivity index (χ2n) is 19.9. The van der Waals surface area contributed by atoms with Crippen LogP contribution < -0.4 is 24.8 Å². The standard InChI is InChI=1S/C21H25.C21H26.C13H13.2ClH.Zr/c1-20(2,3)16-9-7-14-11-15-8-10-17(21(4,5)6)13-19(15)18(14)12-16;1-20(2,3)18-11-7-16(8-12-18)15-17-9-13-19(14-10-17)21(4,5)6;1-10-8-11(2)13(9-10)12-6-4-3-5-7-12;;;/h7,9-10,12-13H,11H2,1-6H3;7-14H,1-6H3;3-7,9-10H,1-2H3;2*1H;/q-1;;-1;;;+2/p-2. The fourth-order valence-corrected chi connectivity index (χ4v) is 8.01. The van der Waals surface area contributed by atoms with Crippen molar-refractivity contribution in [3.8, 4) is 11.1 Å². The van der Waals surface area contributed by atoms with Gasteiger partial charge in [-0.1, -0.05) is 126 Å². The second kappa shape index (κ2) is 19.5. The summed E-state index contributed by atoms with van der Waals surface area (Å²) in [7, 11) is 0. The molecular weight excluding hydrogens is 823 g/mol. The number of fused-ring (bicyclic) bond motifs is 3. The fraction of sp³-hybridized carbons (Fsp3) is 0.364. The van der Waals surface area contributed by atoms with Crippen molar-refractivity contribution in [2.24, 2.45) is 5.92 Å². The number of halogens is 2. The van der Waals surface area contributed by atoms with Gasteiger partial charge in [-0.3, -0.25) is 6.08 Å². The summed E-state index contributed by atoms with van der Waals surface area (Å²) in [5, 5.41) is 0. The summed E-state index contributed by atoms with van der Waals surface area (Å²) in [6.07, 6.45) is 6.69. The van der Waals surface area contributed by atoms with E-state index in [0.717, 1.165) is 6.42 Å². The van der Waals surface area contributed by atoms with Crippen molar-refractivity contribution in [3.63, 3.8) is 0 Å². The van der Waals surface area contributed by atoms with Crippen LogP contribution in [-0.2, 0) is 52.3 Å². The topological polar surface area (TPSA) is 0 Å². The maximum absolute atomic E-state index is 3.53. The van der Waals surface area contributed by atoms with Crippen LogP contribution in [0.15, 0.2) is 121 Å². The van der Waals surface area contributed by atoms with Gasteiger partial charge in [0.2, 0.25) is 0 Å². The van der Waals surface area contributed by atoms with Gasteiger partial charge in [-0.15, -0.1) is 11.1 Å². The third-order valence-corrected chi connectivity index (χ3v) is 12.4. The predicted molar refractivity (Wildman–Crippen MR) is 240 cm³/mol. The molecule has 7 rings (SSSR count). The zero-order valence-electron chi connectivity index (χ0n) is 37.5. The number of hydrogen-bond donors (Lipinski definition) is 0. The molecule has 1 atom stereocenters. The van der Waals surface area contributed by atoms with E-state index >= 15 is 0 Å². The van der Waals surface area contributed by atoms with Crippen LogP contribution in [0.2, 0.25) is 0 Å². The Bertz CT molecular complexity index is 2090. The first-order valence-electron chi connectivity index (χ1n) is 20.4. The normalized spacial score (nSPS) is 14.5. The van der Waals surface area contributed by atoms with E-state index in [9.17, 15) is 0 Å². The minimum absolute atomic E-state index is 0. The molecule has 0 N–H and O–H groups in total. The van der Waals surface area contributed by atoms with Gasteiger partial charge in [-0.2, -0.15) is 41.0 Å². The molecule has 0 aliphatic heterocycles. The molecule has 0 heterocycles. The maximum atomic E-state index is 3.53. The Balaban J connectivity index is 0.000000236. The number of allylic oxidation sites excluding steroid dienone is 4. The molecule has 0 radical (unpaired) electrons. The summed E-state index contributed by atoms with van der Waals surface area (Å²) < 4.78 is 1.42. The van der Waals surface area contributed by atoms with E-state index in [2.05, 4.69) is 218 Å². The van der Waals surface area contributed by atoms with E-state index in [1.165, 1.54) is 99.8 Å². The zero-order valence-corrected chi connectivity index (χ0v) is 41.5. The Labute approximate surface area is 380 Å². The van der Waals surface area contributed by atoms with Gasteiger partial charge in [0.05, 0.1) is 0 Å². The van der Waals surface area contributed by atoms with Crippen LogP contribution in [0, 0.1) is 18.1 Å². The molecule has 58 heavy (non-hydrogen) atoms. The summed E-state index contributed by atoms with van der Waals surface area (Å²) in [4.78, 5) is 0. The van der Waals surface area contributed by atoms with Crippen molar-refractivity contribution in [2.45, 2.75) is 125 Å². The monoisotopic (exact) mass is 884 g/mol. The predicted octanol–water partition coefficient (Wildman–Crippen LogP) is 8.53. The van der Waals surface area contributed by atoms with E-state index < -0.39 is 0 Å². The molecule has 304 valence electrons. The number of benzene rings is 5. The zero-order chi connectivity index (χ0) is 41.2. The van der Waals surface area contributed by atoms with Gasteiger partial charge in [-0.05, 0) is 17.4 Å². The molecule has 5 aromatic rings. The average Bonchev–Trinajstić information content (AvgIpc) is 3.68. The molecule has 0 saturated heterocycles. The van der Waals surface area contributed by atoms with Gasteiger partial charge in [0, 0.05) is 0 Å². The van der Waals surface area contributed by atoms with Gasteiger partial charge in [0.25, 0.3) is 0 Å². The number of rotatable bonds is 3. The summed E-state index contributed by atoms with van der Waals surface area (Å²) in [6.45, 7) is 31.5. The van der Waals surface area contributed by atoms with Crippen LogP contribution >= 0.6 is 0 Å². The van der Waals surface area contributed by atoms with Crippen molar-refractivity contribution in [1.82, 2.24) is 0 Å². The van der Waals surface area contributed by atoms with Crippen molar-refractivity contribution in [3.05, 3.63) is 183 Å². The molecule has 1 unspecified atom stereocenters. The van der Waals surface area contributed by atoms with Gasteiger partial charge in [0.1, 0.15) is 0 Å². The summed E-state index contributed by atoms with van der Waals surface area (Å²) in [5.74, 6) is 0.468. The van der Waals surface area contributed by atoms with Crippen LogP contribution in [0.5, 0.6) is 0 Å². The summed E-state index contributed by atoms with van der Waals surface area (Å²) >= 11 is 1.46. The quantitative estimate of drug-likeness (QED) is 0.157. The van der Waals surface area contributed by atoms with Crippen LogP contribution in [0.1, 0.15) is 147 Å². The second-order valence-corrected chi connectivity index (χ2v) is 21.1. The maximum Gasteiger partial charge on any atom is -0.0623 e. The Hall–Kier alpha value is -3.09. The molecule has 3 heteroatoms. The van der Waals surface area contributed by atoms with E-state index in [4.69, 9.17) is 0 Å². The molecule has 0 aromatic heterocycles. The SMILES string of the molecule is CC(C)(C)c1c[c-]c2c(c1)-c1cc(C(C)(C)C)ccc1C2.CC(C)(C)c1ccc([C](=[Zr+2])c2ccc(C(C)(C)C)cc2)cc1.CC1=[C-]C(C)C=C1c1ccccc1.[Cl-].[Cl-]. The molecule has 0 bridgehead atoms. The fourth-order valence-electron chi connectivity index (χ4n) is 7.19. The van der Waals surface area contributed by atoms with Crippen LogP contribution in [0.3, 0.4) is 0 Å². The van der Waals surface area contributed by atoms with Gasteiger partial charge < -0.3 is 24.8 Å². The average molecular weight is 887 g/mol. The number of hydrogen-bond acceptors (Lipinski definition) is 0. The molecular formula is C55H64Cl2Zr-2. The minimum Gasteiger partial charge on any atom is -1.00 e. The third-order valence-electron chi connectivity index (χ3n) is 11.0. The molecule has 2 aliphatic rings. The van der Waals surface area contributed by atoms with Crippen molar-refractivity contribution in [1.29, 1.82) is 0 Å². The molecule has 5 aromatic carbocycles. The van der Waals surface area contributed by atoms with Crippen LogP contribution in [0.25, 0.3) is 16.7 Å². The van der Waals surface area contributed by atoms with Gasteiger partial charge in [0.15, 0.2) is 0 Å². The van der Waals surface area contributed by atoms with E-state index in [1.807, 2.05) is 6.07 Å². The van der Waals surface area contributed by atoms with Crippen molar-refractivity contribution >= 4 is 8.78 Å². The Kier molecular flexibility index (Phi) is 16.6. The molecule has 0 spiro atoms. The Morgan fingerprint density at radius 3 is 1.45 bits per heavy atom. The first kappa shape index (κ1) is 49.3. The van der Waals surface area contributed by atoms with E-state index in [0.29, 0.717) is 5.92 Å². The minimum atomic E-state index is 0. The third kappa shape index (κ3) is 12.5. The van der Waals surface area contributed by atoms with Crippen molar-refractivity contribution in [2.75, 3.05) is 0 Å². The van der Waals surface area contributed by atoms with Crippen LogP contribution in [-0.4, -0.2) is 3.21 Å². The first-order chi connectivity index (χ1) is 26.0. The van der Waals surface area contributed by atoms with E-state index in [-0.39, 0.29) is 46.5 Å². The van der Waals surface area contributed by atoms with Crippen molar-refractivity contribution < 1.29 is 49.0 Å². The Morgan fingerprint density at radius 2 is 1.02 bits per heavy atom. The molecule has 0 amide bonds. The largest absolute Gasteiger partial charge is 1.00 e. The van der Waals surface area contributed by atoms with Crippen LogP contribution in [0.4, 0.5) is 0 Å². The van der Waals surface area contributed by atoms with E-state index in [1.54, 1.807) is 0 Å². The van der Waals surface area contributed by atoms with Gasteiger partial charge >= 0.3 is 151 Å².